The summed E-state index contributed by atoms with van der Waals surface area (Å²) < 4.78 is 0. The van der Waals surface area contributed by atoms with Crippen molar-refractivity contribution in [1.29, 1.82) is 0 Å². The van der Waals surface area contributed by atoms with Crippen molar-refractivity contribution in [2.24, 2.45) is 5.73 Å². The molecule has 0 spiro atoms. The van der Waals surface area contributed by atoms with Crippen LogP contribution in [-0.4, -0.2) is 23.8 Å². The molecule has 1 aromatic rings. The topological polar surface area (TPSA) is 101 Å². The van der Waals surface area contributed by atoms with Gasteiger partial charge in [-0.15, -0.1) is 0 Å². The molecule has 4 N–H and O–H groups in total. The van der Waals surface area contributed by atoms with Crippen molar-refractivity contribution in [3.05, 3.63) is 35.4 Å². The Hall–Kier alpha value is -2.37. The van der Waals surface area contributed by atoms with E-state index >= 15 is 0 Å². The van der Waals surface area contributed by atoms with Crippen molar-refractivity contribution in [2.45, 2.75) is 64.0 Å². The van der Waals surface area contributed by atoms with Gasteiger partial charge in [-0.25, -0.2) is 0 Å². The third-order valence-corrected chi connectivity index (χ3v) is 4.81. The highest BCUT2D eigenvalue weighted by atomic mass is 16.2. The Bertz CT molecular complexity index is 670. The molecule has 1 aliphatic carbocycles. The summed E-state index contributed by atoms with van der Waals surface area (Å²) in [5, 5.41) is 5.64. The maximum atomic E-state index is 12.7. The van der Waals surface area contributed by atoms with Crippen molar-refractivity contribution in [3.63, 3.8) is 0 Å². The van der Waals surface area contributed by atoms with E-state index in [2.05, 4.69) is 30.5 Å². The van der Waals surface area contributed by atoms with Crippen LogP contribution in [-0.2, 0) is 19.8 Å². The van der Waals surface area contributed by atoms with Crippen molar-refractivity contribution < 1.29 is 14.4 Å². The van der Waals surface area contributed by atoms with E-state index in [0.717, 1.165) is 18.4 Å². The fourth-order valence-corrected chi connectivity index (χ4v) is 3.44. The SMILES string of the molecule is CC(=O)N[C@H](CCC(N)=O)C(=O)N[C@@H]1CCC(C)(C)c2ccccc21. The van der Waals surface area contributed by atoms with Gasteiger partial charge in [0, 0.05) is 13.3 Å². The highest BCUT2D eigenvalue weighted by Crippen LogP contribution is 2.41. The second-order valence-electron chi connectivity index (χ2n) is 7.33. The van der Waals surface area contributed by atoms with Crippen LogP contribution in [0.2, 0.25) is 0 Å². The van der Waals surface area contributed by atoms with Crippen LogP contribution < -0.4 is 16.4 Å². The molecule has 1 aromatic carbocycles. The predicted molar refractivity (Wildman–Crippen MR) is 95.6 cm³/mol. The molecule has 0 aromatic heterocycles. The molecule has 2 atom stereocenters. The van der Waals surface area contributed by atoms with Crippen LogP contribution in [0.3, 0.4) is 0 Å². The molecule has 0 saturated carbocycles. The van der Waals surface area contributed by atoms with E-state index < -0.39 is 11.9 Å². The highest BCUT2D eigenvalue weighted by Gasteiger charge is 2.34. The minimum absolute atomic E-state index is 0.0483. The predicted octanol–water partition coefficient (Wildman–Crippen LogP) is 1.69. The number of fused-ring (bicyclic) bond motifs is 1. The molecule has 3 amide bonds. The number of nitrogens with two attached hydrogens (primary N) is 1. The van der Waals surface area contributed by atoms with Crippen molar-refractivity contribution >= 4 is 17.7 Å². The number of amides is 3. The van der Waals surface area contributed by atoms with E-state index in [1.165, 1.54) is 12.5 Å². The van der Waals surface area contributed by atoms with Gasteiger partial charge in [-0.3, -0.25) is 14.4 Å². The molecule has 6 nitrogen and oxygen atoms in total. The molecular weight excluding hydrogens is 318 g/mol. The lowest BCUT2D eigenvalue weighted by molar-refractivity contribution is -0.129. The van der Waals surface area contributed by atoms with Gasteiger partial charge in [-0.1, -0.05) is 38.1 Å². The Labute approximate surface area is 148 Å². The average molecular weight is 345 g/mol. The zero-order valence-corrected chi connectivity index (χ0v) is 15.1. The summed E-state index contributed by atoms with van der Waals surface area (Å²) >= 11 is 0. The monoisotopic (exact) mass is 345 g/mol. The van der Waals surface area contributed by atoms with Crippen LogP contribution >= 0.6 is 0 Å². The lowest BCUT2D eigenvalue weighted by atomic mass is 9.71. The minimum Gasteiger partial charge on any atom is -0.370 e. The van der Waals surface area contributed by atoms with Gasteiger partial charge >= 0.3 is 0 Å². The quantitative estimate of drug-likeness (QED) is 0.731. The lowest BCUT2D eigenvalue weighted by Gasteiger charge is -2.37. The fourth-order valence-electron chi connectivity index (χ4n) is 3.44. The van der Waals surface area contributed by atoms with Gasteiger partial charge < -0.3 is 16.4 Å². The third-order valence-electron chi connectivity index (χ3n) is 4.81. The molecule has 25 heavy (non-hydrogen) atoms. The van der Waals surface area contributed by atoms with E-state index in [1.807, 2.05) is 18.2 Å². The summed E-state index contributed by atoms with van der Waals surface area (Å²) in [7, 11) is 0. The Morgan fingerprint density at radius 3 is 2.60 bits per heavy atom. The molecule has 6 heteroatoms. The number of carbonyl (C=O) groups is 3. The third kappa shape index (κ3) is 4.81. The van der Waals surface area contributed by atoms with Crippen LogP contribution in [0.15, 0.2) is 24.3 Å². The average Bonchev–Trinajstić information content (AvgIpc) is 2.54. The molecule has 0 aliphatic heterocycles. The molecule has 0 heterocycles. The molecule has 1 aliphatic rings. The minimum atomic E-state index is -0.757. The Morgan fingerprint density at radius 2 is 1.96 bits per heavy atom. The molecule has 2 rings (SSSR count). The van der Waals surface area contributed by atoms with Gasteiger partial charge in [-0.2, -0.15) is 0 Å². The van der Waals surface area contributed by atoms with Crippen molar-refractivity contribution in [1.82, 2.24) is 10.6 Å². The first-order valence-electron chi connectivity index (χ1n) is 8.66. The normalized spacial score (nSPS) is 19.4. The first-order chi connectivity index (χ1) is 11.7. The lowest BCUT2D eigenvalue weighted by Crippen LogP contribution is -2.48. The summed E-state index contributed by atoms with van der Waals surface area (Å²) in [6, 6.07) is 7.27. The zero-order valence-electron chi connectivity index (χ0n) is 15.1. The van der Waals surface area contributed by atoms with Crippen LogP contribution in [0.5, 0.6) is 0 Å². The molecule has 0 radical (unpaired) electrons. The van der Waals surface area contributed by atoms with Gasteiger partial charge in [0.1, 0.15) is 6.04 Å². The van der Waals surface area contributed by atoms with Crippen molar-refractivity contribution in [3.8, 4) is 0 Å². The van der Waals surface area contributed by atoms with Gasteiger partial charge in [0.25, 0.3) is 0 Å². The van der Waals surface area contributed by atoms with Crippen LogP contribution in [0.4, 0.5) is 0 Å². The van der Waals surface area contributed by atoms with Gasteiger partial charge in [-0.05, 0) is 35.8 Å². The van der Waals surface area contributed by atoms with E-state index in [4.69, 9.17) is 5.73 Å². The number of nitrogens with one attached hydrogen (secondary N) is 2. The second kappa shape index (κ2) is 7.68. The summed E-state index contributed by atoms with van der Waals surface area (Å²) in [5.41, 5.74) is 7.59. The van der Waals surface area contributed by atoms with Gasteiger partial charge in [0.2, 0.25) is 17.7 Å². The first-order valence-corrected chi connectivity index (χ1v) is 8.66. The van der Waals surface area contributed by atoms with E-state index in [9.17, 15) is 14.4 Å². The number of carbonyl (C=O) groups excluding carboxylic acids is 3. The van der Waals surface area contributed by atoms with Crippen LogP contribution in [0.25, 0.3) is 0 Å². The largest absolute Gasteiger partial charge is 0.370 e. The maximum absolute atomic E-state index is 12.7. The smallest absolute Gasteiger partial charge is 0.243 e. The van der Waals surface area contributed by atoms with E-state index in [1.54, 1.807) is 0 Å². The highest BCUT2D eigenvalue weighted by molar-refractivity contribution is 5.87. The van der Waals surface area contributed by atoms with Crippen LogP contribution in [0.1, 0.15) is 63.6 Å². The standard InChI is InChI=1S/C19H27N3O3/c1-12(23)21-16(8-9-17(20)24)18(25)22-15-10-11-19(2,3)14-7-5-4-6-13(14)15/h4-7,15-16H,8-11H2,1-3H3,(H2,20,24)(H,21,23)(H,22,25)/t15-,16-/m1/s1. The van der Waals surface area contributed by atoms with Gasteiger partial charge in [0.15, 0.2) is 0 Å². The molecule has 136 valence electrons. The number of hydrogen-bond donors (Lipinski definition) is 3. The number of rotatable bonds is 6. The van der Waals surface area contributed by atoms with Crippen LogP contribution in [0, 0.1) is 0 Å². The molecule has 0 saturated heterocycles. The summed E-state index contributed by atoms with van der Waals surface area (Å²) in [6.45, 7) is 5.76. The molecule has 0 fully saturated rings. The Kier molecular flexibility index (Phi) is 5.82. The summed E-state index contributed by atoms with van der Waals surface area (Å²) in [4.78, 5) is 35.0. The molecule has 0 unspecified atom stereocenters. The van der Waals surface area contributed by atoms with Gasteiger partial charge in [0.05, 0.1) is 6.04 Å². The molecular formula is C19H27N3O3. The summed E-state index contributed by atoms with van der Waals surface area (Å²) in [5.74, 6) is -1.08. The zero-order chi connectivity index (χ0) is 18.6. The van der Waals surface area contributed by atoms with E-state index in [0.29, 0.717) is 0 Å². The van der Waals surface area contributed by atoms with E-state index in [-0.39, 0.29) is 36.1 Å². The maximum Gasteiger partial charge on any atom is 0.243 e. The Balaban J connectivity index is 2.15. The number of benzene rings is 1. The number of primary amides is 1. The number of hydrogen-bond acceptors (Lipinski definition) is 3. The molecule has 0 bridgehead atoms. The first kappa shape index (κ1) is 19.0. The summed E-state index contributed by atoms with van der Waals surface area (Å²) in [6.07, 6.45) is 2.03. The Morgan fingerprint density at radius 1 is 1.28 bits per heavy atom. The van der Waals surface area contributed by atoms with Crippen molar-refractivity contribution in [2.75, 3.05) is 0 Å². The fraction of sp³-hybridized carbons (Fsp3) is 0.526. The second-order valence-corrected chi connectivity index (χ2v) is 7.33.